The maximum absolute atomic E-state index is 12.4. The quantitative estimate of drug-likeness (QED) is 0.381. The lowest BCUT2D eigenvalue weighted by Crippen LogP contribution is -2.22. The van der Waals surface area contributed by atoms with E-state index in [1.807, 2.05) is 38.1 Å². The Morgan fingerprint density at radius 1 is 1.07 bits per heavy atom. The van der Waals surface area contributed by atoms with Crippen LogP contribution in [0.5, 0.6) is 5.75 Å². The minimum atomic E-state index is -0.343. The molecule has 0 aliphatic rings. The van der Waals surface area contributed by atoms with E-state index in [1.165, 1.54) is 11.8 Å². The predicted molar refractivity (Wildman–Crippen MR) is 109 cm³/mol. The van der Waals surface area contributed by atoms with Crippen LogP contribution in [-0.2, 0) is 9.53 Å². The summed E-state index contributed by atoms with van der Waals surface area (Å²) in [5.74, 6) is 0.337. The lowest BCUT2D eigenvalue weighted by Gasteiger charge is -2.12. The molecule has 1 N–H and O–H groups in total. The first-order valence-electron chi connectivity index (χ1n) is 8.92. The van der Waals surface area contributed by atoms with Crippen LogP contribution >= 0.6 is 11.8 Å². The van der Waals surface area contributed by atoms with Crippen molar-refractivity contribution in [3.8, 4) is 5.75 Å². The van der Waals surface area contributed by atoms with Gasteiger partial charge in [0.2, 0.25) is 5.91 Å². The number of carbonyl (C=O) groups excluding carboxylic acids is 2. The fourth-order valence-electron chi connectivity index (χ4n) is 2.24. The van der Waals surface area contributed by atoms with Crippen molar-refractivity contribution < 1.29 is 19.1 Å². The van der Waals surface area contributed by atoms with E-state index in [9.17, 15) is 9.59 Å². The maximum atomic E-state index is 12.4. The molecule has 0 radical (unpaired) electrons. The molecule has 1 amide bonds. The minimum Gasteiger partial charge on any atom is -0.497 e. The largest absolute Gasteiger partial charge is 0.497 e. The number of esters is 1. The van der Waals surface area contributed by atoms with E-state index in [0.29, 0.717) is 17.9 Å². The highest BCUT2D eigenvalue weighted by Gasteiger charge is 2.15. The Morgan fingerprint density at radius 3 is 2.33 bits per heavy atom. The number of anilines is 1. The van der Waals surface area contributed by atoms with Crippen molar-refractivity contribution in [2.75, 3.05) is 19.0 Å². The second-order valence-electron chi connectivity index (χ2n) is 5.99. The zero-order chi connectivity index (χ0) is 19.6. The van der Waals surface area contributed by atoms with Gasteiger partial charge < -0.3 is 14.8 Å². The SMILES string of the molecule is CCCCOC(=O)c1ccc(NC(=O)C(C)Sc2ccc(OC)cc2)cc1. The number of amides is 1. The molecule has 0 spiro atoms. The molecule has 0 aliphatic heterocycles. The van der Waals surface area contributed by atoms with Crippen molar-refractivity contribution in [2.45, 2.75) is 36.8 Å². The molecule has 1 unspecified atom stereocenters. The number of methoxy groups -OCH3 is 1. The number of rotatable bonds is 9. The van der Waals surface area contributed by atoms with Crippen LogP contribution in [0.15, 0.2) is 53.4 Å². The highest BCUT2D eigenvalue weighted by molar-refractivity contribution is 8.00. The van der Waals surface area contributed by atoms with Gasteiger partial charge in [0, 0.05) is 10.6 Å². The van der Waals surface area contributed by atoms with E-state index < -0.39 is 0 Å². The molecule has 27 heavy (non-hydrogen) atoms. The van der Waals surface area contributed by atoms with Gasteiger partial charge in [-0.2, -0.15) is 0 Å². The summed E-state index contributed by atoms with van der Waals surface area (Å²) in [6, 6.07) is 14.3. The summed E-state index contributed by atoms with van der Waals surface area (Å²) < 4.78 is 10.3. The third kappa shape index (κ3) is 6.64. The molecule has 2 aromatic carbocycles. The fourth-order valence-corrected chi connectivity index (χ4v) is 3.11. The number of carbonyl (C=O) groups is 2. The Hall–Kier alpha value is -2.47. The van der Waals surface area contributed by atoms with Crippen LogP contribution in [0.1, 0.15) is 37.0 Å². The summed E-state index contributed by atoms with van der Waals surface area (Å²) in [6.07, 6.45) is 1.83. The lowest BCUT2D eigenvalue weighted by atomic mass is 10.2. The van der Waals surface area contributed by atoms with Crippen LogP contribution < -0.4 is 10.1 Å². The van der Waals surface area contributed by atoms with E-state index in [1.54, 1.807) is 31.4 Å². The first-order chi connectivity index (χ1) is 13.0. The van der Waals surface area contributed by atoms with Gasteiger partial charge in [-0.15, -0.1) is 11.8 Å². The van der Waals surface area contributed by atoms with E-state index in [4.69, 9.17) is 9.47 Å². The molecule has 0 bridgehead atoms. The molecule has 6 heteroatoms. The Bertz CT molecular complexity index is 744. The average molecular weight is 388 g/mol. The van der Waals surface area contributed by atoms with Crippen molar-refractivity contribution in [3.05, 3.63) is 54.1 Å². The fraction of sp³-hybridized carbons (Fsp3) is 0.333. The number of ether oxygens (including phenoxy) is 2. The second-order valence-corrected chi connectivity index (χ2v) is 7.41. The van der Waals surface area contributed by atoms with Crippen LogP contribution in [0.3, 0.4) is 0 Å². The van der Waals surface area contributed by atoms with Gasteiger partial charge in [-0.25, -0.2) is 4.79 Å². The lowest BCUT2D eigenvalue weighted by molar-refractivity contribution is -0.115. The number of hydrogen-bond donors (Lipinski definition) is 1. The molecule has 2 rings (SSSR count). The van der Waals surface area contributed by atoms with Crippen LogP contribution in [0, 0.1) is 0 Å². The number of benzene rings is 2. The normalized spacial score (nSPS) is 11.5. The summed E-state index contributed by atoms with van der Waals surface area (Å²) in [7, 11) is 1.62. The van der Waals surface area contributed by atoms with Gasteiger partial charge in [-0.3, -0.25) is 4.79 Å². The molecule has 5 nitrogen and oxygen atoms in total. The summed E-state index contributed by atoms with van der Waals surface area (Å²) in [4.78, 5) is 25.3. The van der Waals surface area contributed by atoms with Gasteiger partial charge in [0.1, 0.15) is 5.75 Å². The molecule has 0 heterocycles. The molecular weight excluding hydrogens is 362 g/mol. The molecule has 1 atom stereocenters. The molecule has 0 aliphatic carbocycles. The summed E-state index contributed by atoms with van der Waals surface area (Å²) >= 11 is 1.47. The van der Waals surface area contributed by atoms with Gasteiger partial charge in [0.15, 0.2) is 0 Å². The van der Waals surface area contributed by atoms with Crippen molar-refractivity contribution in [2.24, 2.45) is 0 Å². The smallest absolute Gasteiger partial charge is 0.338 e. The molecule has 144 valence electrons. The van der Waals surface area contributed by atoms with E-state index in [-0.39, 0.29) is 17.1 Å². The summed E-state index contributed by atoms with van der Waals surface area (Å²) in [5, 5.41) is 2.60. The van der Waals surface area contributed by atoms with Crippen molar-refractivity contribution in [1.29, 1.82) is 0 Å². The van der Waals surface area contributed by atoms with Crippen LogP contribution in [-0.4, -0.2) is 30.8 Å². The highest BCUT2D eigenvalue weighted by Crippen LogP contribution is 2.26. The molecule has 0 saturated carbocycles. The summed E-state index contributed by atoms with van der Waals surface area (Å²) in [5.41, 5.74) is 1.12. The Kier molecular flexibility index (Phi) is 8.20. The van der Waals surface area contributed by atoms with E-state index in [0.717, 1.165) is 23.5 Å². The molecule has 2 aromatic rings. The van der Waals surface area contributed by atoms with Gasteiger partial charge in [0.05, 0.1) is 24.5 Å². The van der Waals surface area contributed by atoms with Gasteiger partial charge >= 0.3 is 5.97 Å². The van der Waals surface area contributed by atoms with Gasteiger partial charge in [-0.05, 0) is 61.9 Å². The Balaban J connectivity index is 1.87. The first-order valence-corrected chi connectivity index (χ1v) is 9.80. The molecule has 0 fully saturated rings. The third-order valence-corrected chi connectivity index (χ3v) is 4.97. The van der Waals surface area contributed by atoms with Crippen molar-refractivity contribution in [3.63, 3.8) is 0 Å². The zero-order valence-corrected chi connectivity index (χ0v) is 16.7. The van der Waals surface area contributed by atoms with Crippen LogP contribution in [0.2, 0.25) is 0 Å². The van der Waals surface area contributed by atoms with E-state index >= 15 is 0 Å². The number of unbranched alkanes of at least 4 members (excludes halogenated alkanes) is 1. The standard InChI is InChI=1S/C21H25NO4S/c1-4-5-14-26-21(24)16-6-8-17(9-7-16)22-20(23)15(2)27-19-12-10-18(25-3)11-13-19/h6-13,15H,4-5,14H2,1-3H3,(H,22,23). The average Bonchev–Trinajstić information content (AvgIpc) is 2.69. The third-order valence-electron chi connectivity index (χ3n) is 3.86. The molecular formula is C21H25NO4S. The van der Waals surface area contributed by atoms with Crippen molar-refractivity contribution in [1.82, 2.24) is 0 Å². The highest BCUT2D eigenvalue weighted by atomic mass is 32.2. The molecule has 0 saturated heterocycles. The zero-order valence-electron chi connectivity index (χ0n) is 15.9. The van der Waals surface area contributed by atoms with Gasteiger partial charge in [0.25, 0.3) is 0 Å². The Morgan fingerprint density at radius 2 is 1.74 bits per heavy atom. The molecule has 0 aromatic heterocycles. The number of hydrogen-bond acceptors (Lipinski definition) is 5. The Labute approximate surface area is 164 Å². The predicted octanol–water partition coefficient (Wildman–Crippen LogP) is 4.77. The first kappa shape index (κ1) is 20.8. The monoisotopic (exact) mass is 387 g/mol. The van der Waals surface area contributed by atoms with Crippen LogP contribution in [0.25, 0.3) is 0 Å². The van der Waals surface area contributed by atoms with Crippen molar-refractivity contribution >= 4 is 29.3 Å². The van der Waals surface area contributed by atoms with E-state index in [2.05, 4.69) is 5.32 Å². The topological polar surface area (TPSA) is 64.6 Å². The maximum Gasteiger partial charge on any atom is 0.338 e. The van der Waals surface area contributed by atoms with Gasteiger partial charge in [-0.1, -0.05) is 13.3 Å². The minimum absolute atomic E-state index is 0.103. The number of nitrogens with one attached hydrogen (secondary N) is 1. The van der Waals surface area contributed by atoms with Crippen LogP contribution in [0.4, 0.5) is 5.69 Å². The number of thioether (sulfide) groups is 1. The summed E-state index contributed by atoms with van der Waals surface area (Å²) in [6.45, 7) is 4.32. The second kappa shape index (κ2) is 10.6.